The van der Waals surface area contributed by atoms with Crippen LogP contribution < -0.4 is 0 Å². The van der Waals surface area contributed by atoms with Crippen LogP contribution in [0.3, 0.4) is 0 Å². The molecule has 12 rings (SSSR count). The fourth-order valence-electron chi connectivity index (χ4n) is 10.8. The molecule has 81 heavy (non-hydrogen) atoms. The first-order valence-electron chi connectivity index (χ1n) is 27.9. The van der Waals surface area contributed by atoms with Gasteiger partial charge in [0.05, 0.1) is 16.7 Å². The van der Waals surface area contributed by atoms with Crippen molar-refractivity contribution in [2.75, 3.05) is 0 Å². The first-order chi connectivity index (χ1) is 39.3. The lowest BCUT2D eigenvalue weighted by atomic mass is 9.82. The Kier molecular flexibility index (Phi) is 14.0. The first-order valence-corrected chi connectivity index (χ1v) is 27.9. The predicted molar refractivity (Wildman–Crippen MR) is 343 cm³/mol. The molecule has 0 aliphatic heterocycles. The molecule has 4 nitrogen and oxygen atoms in total. The van der Waals surface area contributed by atoms with Crippen LogP contribution in [0.15, 0.2) is 267 Å². The molecule has 0 spiro atoms. The number of rotatable bonds is 12. The van der Waals surface area contributed by atoms with Gasteiger partial charge in [-0.2, -0.15) is 0 Å². The minimum absolute atomic E-state index is 0.166. The summed E-state index contributed by atoms with van der Waals surface area (Å²) in [6, 6.07) is 91.1. The van der Waals surface area contributed by atoms with Gasteiger partial charge in [0, 0.05) is 44.2 Å². The summed E-state index contributed by atoms with van der Waals surface area (Å²) in [4.78, 5) is 15.6. The van der Waals surface area contributed by atoms with E-state index in [-0.39, 0.29) is 10.8 Å². The number of allylic oxidation sites excluding steroid dienone is 4. The molecule has 0 fully saturated rings. The maximum Gasteiger partial charge on any atom is 0.164 e. The lowest BCUT2D eigenvalue weighted by Crippen LogP contribution is -2.11. The molecule has 0 atom stereocenters. The molecule has 2 heterocycles. The van der Waals surface area contributed by atoms with Crippen molar-refractivity contribution in [3.8, 4) is 67.3 Å². The highest BCUT2D eigenvalue weighted by Crippen LogP contribution is 2.48. The van der Waals surface area contributed by atoms with Gasteiger partial charge in [-0.25, -0.2) is 15.0 Å². The molecule has 0 unspecified atom stereocenters. The van der Waals surface area contributed by atoms with Crippen LogP contribution in [-0.4, -0.2) is 19.5 Å². The number of aromatic nitrogens is 4. The van der Waals surface area contributed by atoms with E-state index in [9.17, 15) is 0 Å². The van der Waals surface area contributed by atoms with E-state index in [1.54, 1.807) is 0 Å². The van der Waals surface area contributed by atoms with Crippen molar-refractivity contribution < 1.29 is 0 Å². The van der Waals surface area contributed by atoms with Crippen molar-refractivity contribution in [3.05, 3.63) is 296 Å². The highest BCUT2D eigenvalue weighted by molar-refractivity contribution is 6.22. The number of hydrogen-bond donors (Lipinski definition) is 0. The monoisotopic (exact) mass is 1040 g/mol. The molecule has 12 aromatic rings. The Morgan fingerprint density at radius 2 is 0.728 bits per heavy atom. The van der Waals surface area contributed by atoms with Gasteiger partial charge in [-0.15, -0.1) is 0 Å². The Labute approximate surface area is 476 Å². The highest BCUT2D eigenvalue weighted by Gasteiger charge is 2.29. The molecule has 0 bridgehead atoms. The summed E-state index contributed by atoms with van der Waals surface area (Å²) >= 11 is 0. The lowest BCUT2D eigenvalue weighted by Gasteiger charge is -2.24. The zero-order valence-corrected chi connectivity index (χ0v) is 46.9. The molecule has 2 aromatic heterocycles. The average Bonchev–Trinajstić information content (AvgIpc) is 3.80. The minimum atomic E-state index is -0.166. The van der Waals surface area contributed by atoms with Crippen molar-refractivity contribution in [2.24, 2.45) is 0 Å². The van der Waals surface area contributed by atoms with Gasteiger partial charge < -0.3 is 4.57 Å². The third kappa shape index (κ3) is 10.8. The summed E-state index contributed by atoms with van der Waals surface area (Å²) in [6.45, 7) is 18.8. The average molecular weight is 1050 g/mol. The summed E-state index contributed by atoms with van der Waals surface area (Å²) in [6.07, 6.45) is 4.57. The molecule has 0 N–H and O–H groups in total. The van der Waals surface area contributed by atoms with Crippen LogP contribution >= 0.6 is 0 Å². The Morgan fingerprint density at radius 3 is 1.11 bits per heavy atom. The van der Waals surface area contributed by atoms with E-state index in [1.807, 2.05) is 60.7 Å². The van der Waals surface area contributed by atoms with E-state index in [4.69, 9.17) is 21.5 Å². The standard InChI is InChI=1S/C77H64N4/c1-52(73-78-74(61-34-22-12-23-35-61)80-75(79-73)62-36-24-13-25-37-62)46-65(60-44-42-57(43-45-60)55-28-16-9-17-29-55)70(47-53-38-40-56(41-39-53)54-26-14-8-15-27-54)81-71-66(58-30-18-10-19-31-58)48-63(76(2,3)4)50-68(71)69-51-64(77(5,6)7)49-67(72(69)81)59-32-20-11-21-33-59/h8-51H,1H2,2-7H3/b65-46-,70-47-. The van der Waals surface area contributed by atoms with Crippen LogP contribution in [0.4, 0.5) is 0 Å². The quantitative estimate of drug-likeness (QED) is 0.115. The fraction of sp³-hybridized carbons (Fsp3) is 0.104. The summed E-state index contributed by atoms with van der Waals surface area (Å²) < 4.78 is 2.57. The second-order valence-electron chi connectivity index (χ2n) is 23.0. The minimum Gasteiger partial charge on any atom is -0.307 e. The topological polar surface area (TPSA) is 43.6 Å². The van der Waals surface area contributed by atoms with Crippen molar-refractivity contribution in [1.29, 1.82) is 0 Å². The number of hydrogen-bond acceptors (Lipinski definition) is 3. The SMILES string of the molecule is C=C(/C=C(\C(=C\c1ccc(-c2ccccc2)cc1)n1c2c(-c3ccccc3)cc(C(C)(C)C)cc2c2cc(C(C)(C)C)cc(-c3ccccc3)c21)c1ccc(-c2ccccc2)cc1)c1nc(-c2ccccc2)nc(-c2ccccc2)n1. The molecule has 10 aromatic carbocycles. The van der Waals surface area contributed by atoms with Crippen molar-refractivity contribution >= 4 is 44.7 Å². The number of nitrogens with zero attached hydrogens (tertiary/aromatic N) is 4. The molecular formula is C77H64N4. The van der Waals surface area contributed by atoms with Crippen LogP contribution in [0.5, 0.6) is 0 Å². The predicted octanol–water partition coefficient (Wildman–Crippen LogP) is 20.4. The maximum atomic E-state index is 5.25. The Morgan fingerprint density at radius 1 is 0.383 bits per heavy atom. The Hall–Kier alpha value is -9.77. The highest BCUT2D eigenvalue weighted by atomic mass is 15.0. The van der Waals surface area contributed by atoms with Gasteiger partial charge in [0.1, 0.15) is 0 Å². The van der Waals surface area contributed by atoms with Gasteiger partial charge in [0.15, 0.2) is 17.5 Å². The second kappa shape index (κ2) is 21.8. The van der Waals surface area contributed by atoms with Gasteiger partial charge in [0.25, 0.3) is 0 Å². The second-order valence-corrected chi connectivity index (χ2v) is 23.0. The molecule has 0 radical (unpaired) electrons. The van der Waals surface area contributed by atoms with Crippen LogP contribution in [0.25, 0.3) is 112 Å². The third-order valence-electron chi connectivity index (χ3n) is 15.3. The zero-order valence-electron chi connectivity index (χ0n) is 46.9. The first kappa shape index (κ1) is 52.0. The number of fused-ring (bicyclic) bond motifs is 3. The summed E-state index contributed by atoms with van der Waals surface area (Å²) in [5, 5.41) is 2.36. The van der Waals surface area contributed by atoms with Crippen LogP contribution in [0.2, 0.25) is 0 Å². The maximum absolute atomic E-state index is 5.25. The van der Waals surface area contributed by atoms with E-state index in [0.717, 1.165) is 89.1 Å². The number of benzene rings is 10. The summed E-state index contributed by atoms with van der Waals surface area (Å²) in [5.41, 5.74) is 19.9. The Bertz CT molecular complexity index is 4110. The van der Waals surface area contributed by atoms with E-state index in [0.29, 0.717) is 23.0 Å². The Balaban J connectivity index is 1.24. The molecule has 0 saturated heterocycles. The van der Waals surface area contributed by atoms with E-state index in [1.165, 1.54) is 21.9 Å². The van der Waals surface area contributed by atoms with Crippen molar-refractivity contribution in [1.82, 2.24) is 19.5 Å². The van der Waals surface area contributed by atoms with Crippen molar-refractivity contribution in [2.45, 2.75) is 52.4 Å². The van der Waals surface area contributed by atoms with Crippen LogP contribution in [0, 0.1) is 0 Å². The molecule has 0 saturated carbocycles. The molecule has 392 valence electrons. The lowest BCUT2D eigenvalue weighted by molar-refractivity contribution is 0.590. The van der Waals surface area contributed by atoms with Gasteiger partial charge in [-0.05, 0) is 103 Å². The summed E-state index contributed by atoms with van der Waals surface area (Å²) in [5.74, 6) is 1.63. The molecular weight excluding hydrogens is 981 g/mol. The molecule has 0 aliphatic rings. The summed E-state index contributed by atoms with van der Waals surface area (Å²) in [7, 11) is 0. The van der Waals surface area contributed by atoms with E-state index in [2.05, 4.69) is 252 Å². The third-order valence-corrected chi connectivity index (χ3v) is 15.3. The van der Waals surface area contributed by atoms with E-state index < -0.39 is 0 Å². The molecule has 0 amide bonds. The van der Waals surface area contributed by atoms with Crippen molar-refractivity contribution in [3.63, 3.8) is 0 Å². The normalized spacial score (nSPS) is 12.3. The van der Waals surface area contributed by atoms with Crippen LogP contribution in [-0.2, 0) is 10.8 Å². The largest absolute Gasteiger partial charge is 0.307 e. The van der Waals surface area contributed by atoms with E-state index >= 15 is 0 Å². The molecule has 0 aliphatic carbocycles. The molecule has 4 heteroatoms. The van der Waals surface area contributed by atoms with Crippen LogP contribution in [0.1, 0.15) is 69.6 Å². The van der Waals surface area contributed by atoms with Gasteiger partial charge in [-0.1, -0.05) is 279 Å². The van der Waals surface area contributed by atoms with Gasteiger partial charge in [-0.3, -0.25) is 0 Å². The van der Waals surface area contributed by atoms with Gasteiger partial charge >= 0.3 is 0 Å². The smallest absolute Gasteiger partial charge is 0.164 e. The fourth-order valence-corrected chi connectivity index (χ4v) is 10.8. The van der Waals surface area contributed by atoms with Gasteiger partial charge in [0.2, 0.25) is 0 Å². The zero-order chi connectivity index (χ0) is 55.7.